The van der Waals surface area contributed by atoms with Crippen LogP contribution in [0.3, 0.4) is 0 Å². The van der Waals surface area contributed by atoms with Gasteiger partial charge in [-0.1, -0.05) is 0 Å². The molecule has 0 spiro atoms. The fraction of sp³-hybridized carbons (Fsp3) is 0.308. The van der Waals surface area contributed by atoms with Crippen LogP contribution in [0.4, 0.5) is 5.13 Å². The Morgan fingerprint density at radius 1 is 1.38 bits per heavy atom. The van der Waals surface area contributed by atoms with Crippen molar-refractivity contribution in [2.24, 2.45) is 0 Å². The molecular formula is C13H14N4O3S. The Morgan fingerprint density at radius 2 is 2.24 bits per heavy atom. The minimum atomic E-state index is -0.349. The van der Waals surface area contributed by atoms with Crippen LogP contribution < -0.4 is 5.32 Å². The zero-order valence-corrected chi connectivity index (χ0v) is 12.2. The van der Waals surface area contributed by atoms with Gasteiger partial charge in [0.2, 0.25) is 0 Å². The standard InChI is InChI=1S/C13H14N4O3S/c1-20-11(18)4-2-3-9-8-21-13(16-9)17-12(19)10-7-14-5-6-15-10/h5-8H,2-4H2,1H3,(H,16,17,19). The quantitative estimate of drug-likeness (QED) is 0.816. The molecule has 2 heterocycles. The van der Waals surface area contributed by atoms with E-state index in [1.54, 1.807) is 0 Å². The van der Waals surface area contributed by atoms with E-state index < -0.39 is 0 Å². The maximum absolute atomic E-state index is 11.9. The van der Waals surface area contributed by atoms with Crippen molar-refractivity contribution in [2.45, 2.75) is 19.3 Å². The number of amides is 1. The molecule has 2 aromatic heterocycles. The van der Waals surface area contributed by atoms with Crippen LogP contribution >= 0.6 is 11.3 Å². The Labute approximate surface area is 125 Å². The monoisotopic (exact) mass is 306 g/mol. The van der Waals surface area contributed by atoms with Crippen LogP contribution in [-0.4, -0.2) is 33.9 Å². The normalized spacial score (nSPS) is 10.1. The SMILES string of the molecule is COC(=O)CCCc1csc(NC(=O)c2cnccn2)n1. The van der Waals surface area contributed by atoms with Crippen molar-refractivity contribution >= 4 is 28.3 Å². The number of carbonyl (C=O) groups is 2. The number of hydrogen-bond acceptors (Lipinski definition) is 7. The van der Waals surface area contributed by atoms with Crippen molar-refractivity contribution in [1.82, 2.24) is 15.0 Å². The van der Waals surface area contributed by atoms with E-state index in [-0.39, 0.29) is 17.6 Å². The van der Waals surface area contributed by atoms with Crippen LogP contribution in [0, 0.1) is 0 Å². The molecule has 2 aromatic rings. The van der Waals surface area contributed by atoms with E-state index >= 15 is 0 Å². The summed E-state index contributed by atoms with van der Waals surface area (Å²) >= 11 is 1.33. The minimum Gasteiger partial charge on any atom is -0.469 e. The zero-order chi connectivity index (χ0) is 15.1. The first kappa shape index (κ1) is 15.0. The van der Waals surface area contributed by atoms with Crippen LogP contribution in [-0.2, 0) is 16.0 Å². The summed E-state index contributed by atoms with van der Waals surface area (Å²) < 4.78 is 4.57. The summed E-state index contributed by atoms with van der Waals surface area (Å²) in [7, 11) is 1.37. The van der Waals surface area contributed by atoms with Crippen LogP contribution in [0.2, 0.25) is 0 Å². The van der Waals surface area contributed by atoms with Crippen molar-refractivity contribution in [2.75, 3.05) is 12.4 Å². The summed E-state index contributed by atoms with van der Waals surface area (Å²) in [4.78, 5) is 34.9. The van der Waals surface area contributed by atoms with Crippen molar-refractivity contribution in [3.63, 3.8) is 0 Å². The molecule has 0 bridgehead atoms. The van der Waals surface area contributed by atoms with E-state index in [1.807, 2.05) is 5.38 Å². The first-order valence-electron chi connectivity index (χ1n) is 6.27. The minimum absolute atomic E-state index is 0.235. The lowest BCUT2D eigenvalue weighted by atomic mass is 10.2. The summed E-state index contributed by atoms with van der Waals surface area (Å²) in [5.41, 5.74) is 1.07. The maximum atomic E-state index is 11.9. The van der Waals surface area contributed by atoms with Crippen molar-refractivity contribution in [1.29, 1.82) is 0 Å². The number of aromatic nitrogens is 3. The van der Waals surface area contributed by atoms with Gasteiger partial charge in [-0.25, -0.2) is 9.97 Å². The van der Waals surface area contributed by atoms with Gasteiger partial charge in [-0.05, 0) is 12.8 Å². The highest BCUT2D eigenvalue weighted by atomic mass is 32.1. The van der Waals surface area contributed by atoms with Gasteiger partial charge >= 0.3 is 5.97 Å². The molecule has 0 radical (unpaired) electrons. The zero-order valence-electron chi connectivity index (χ0n) is 11.4. The molecule has 0 fully saturated rings. The van der Waals surface area contributed by atoms with Gasteiger partial charge < -0.3 is 4.74 Å². The van der Waals surface area contributed by atoms with Gasteiger partial charge in [0.25, 0.3) is 5.91 Å². The maximum Gasteiger partial charge on any atom is 0.305 e. The lowest BCUT2D eigenvalue weighted by Gasteiger charge is -1.99. The molecule has 0 aliphatic rings. The fourth-order valence-electron chi connectivity index (χ4n) is 1.57. The smallest absolute Gasteiger partial charge is 0.305 e. The molecule has 110 valence electrons. The molecule has 0 unspecified atom stereocenters. The third-order valence-electron chi connectivity index (χ3n) is 2.61. The molecule has 8 heteroatoms. The number of methoxy groups -OCH3 is 1. The van der Waals surface area contributed by atoms with Gasteiger partial charge in [0.15, 0.2) is 5.13 Å². The number of rotatable bonds is 6. The average molecular weight is 306 g/mol. The van der Waals surface area contributed by atoms with E-state index in [9.17, 15) is 9.59 Å². The number of thiazole rings is 1. The van der Waals surface area contributed by atoms with Crippen LogP contribution in [0.1, 0.15) is 29.0 Å². The highest BCUT2D eigenvalue weighted by Gasteiger charge is 2.10. The summed E-state index contributed by atoms with van der Waals surface area (Å²) in [6.07, 6.45) is 6.02. The van der Waals surface area contributed by atoms with E-state index in [0.29, 0.717) is 24.4 Å². The molecule has 1 N–H and O–H groups in total. The van der Waals surface area contributed by atoms with Gasteiger partial charge in [-0.2, -0.15) is 0 Å². The topological polar surface area (TPSA) is 94.1 Å². The predicted molar refractivity (Wildman–Crippen MR) is 77.1 cm³/mol. The first-order valence-corrected chi connectivity index (χ1v) is 7.15. The molecular weight excluding hydrogens is 292 g/mol. The summed E-state index contributed by atoms with van der Waals surface area (Å²) in [6, 6.07) is 0. The largest absolute Gasteiger partial charge is 0.469 e. The molecule has 2 rings (SSSR count). The number of carbonyl (C=O) groups excluding carboxylic acids is 2. The van der Waals surface area contributed by atoms with E-state index in [1.165, 1.54) is 37.0 Å². The van der Waals surface area contributed by atoms with Gasteiger partial charge in [0, 0.05) is 24.2 Å². The highest BCUT2D eigenvalue weighted by Crippen LogP contribution is 2.17. The van der Waals surface area contributed by atoms with Crippen LogP contribution in [0.5, 0.6) is 0 Å². The molecule has 0 aliphatic carbocycles. The third-order valence-corrected chi connectivity index (χ3v) is 3.42. The van der Waals surface area contributed by atoms with Gasteiger partial charge in [-0.3, -0.25) is 19.9 Å². The Morgan fingerprint density at radius 3 is 2.95 bits per heavy atom. The Kier molecular flexibility index (Phi) is 5.33. The number of nitrogens with zero attached hydrogens (tertiary/aromatic N) is 3. The Hall–Kier alpha value is -2.35. The first-order chi connectivity index (χ1) is 10.2. The van der Waals surface area contributed by atoms with Crippen molar-refractivity contribution in [3.8, 4) is 0 Å². The number of esters is 1. The number of nitrogens with one attached hydrogen (secondary N) is 1. The van der Waals surface area contributed by atoms with E-state index in [0.717, 1.165) is 5.69 Å². The van der Waals surface area contributed by atoms with Gasteiger partial charge in [-0.15, -0.1) is 11.3 Å². The van der Waals surface area contributed by atoms with E-state index in [4.69, 9.17) is 0 Å². The second-order valence-electron chi connectivity index (χ2n) is 4.12. The fourth-order valence-corrected chi connectivity index (χ4v) is 2.31. The van der Waals surface area contributed by atoms with Crippen molar-refractivity contribution < 1.29 is 14.3 Å². The number of aryl methyl sites for hydroxylation is 1. The lowest BCUT2D eigenvalue weighted by molar-refractivity contribution is -0.140. The van der Waals surface area contributed by atoms with Crippen LogP contribution in [0.15, 0.2) is 24.0 Å². The molecule has 7 nitrogen and oxygen atoms in total. The number of ether oxygens (including phenoxy) is 1. The summed E-state index contributed by atoms with van der Waals surface area (Å²) in [6.45, 7) is 0. The average Bonchev–Trinajstić information content (AvgIpc) is 2.95. The Balaban J connectivity index is 1.85. The predicted octanol–water partition coefficient (Wildman–Crippen LogP) is 1.68. The summed E-state index contributed by atoms with van der Waals surface area (Å²) in [5, 5.41) is 5.01. The highest BCUT2D eigenvalue weighted by molar-refractivity contribution is 7.13. The molecule has 1 amide bonds. The molecule has 0 saturated carbocycles. The van der Waals surface area contributed by atoms with Gasteiger partial charge in [0.1, 0.15) is 5.69 Å². The number of hydrogen-bond donors (Lipinski definition) is 1. The molecule has 0 aromatic carbocycles. The van der Waals surface area contributed by atoms with Crippen molar-refractivity contribution in [3.05, 3.63) is 35.4 Å². The Bertz CT molecular complexity index is 615. The molecule has 0 aliphatic heterocycles. The van der Waals surface area contributed by atoms with Gasteiger partial charge in [0.05, 0.1) is 19.0 Å². The molecule has 0 atom stereocenters. The molecule has 21 heavy (non-hydrogen) atoms. The lowest BCUT2D eigenvalue weighted by Crippen LogP contribution is -2.13. The second kappa shape index (κ2) is 7.44. The molecule has 0 saturated heterocycles. The second-order valence-corrected chi connectivity index (χ2v) is 4.98. The van der Waals surface area contributed by atoms with E-state index in [2.05, 4.69) is 25.0 Å². The number of anilines is 1. The van der Waals surface area contributed by atoms with Crippen LogP contribution in [0.25, 0.3) is 0 Å². The third kappa shape index (κ3) is 4.60. The summed E-state index contributed by atoms with van der Waals surface area (Å²) in [5.74, 6) is -0.583.